The van der Waals surface area contributed by atoms with Crippen molar-refractivity contribution in [1.82, 2.24) is 9.62 Å². The van der Waals surface area contributed by atoms with Crippen LogP contribution in [0.25, 0.3) is 0 Å². The number of carbonyl (C=O) groups is 1. The number of carbonyl (C=O) groups excluding carboxylic acids is 1. The number of methoxy groups -OCH3 is 1. The van der Waals surface area contributed by atoms with E-state index in [4.69, 9.17) is 16.3 Å². The van der Waals surface area contributed by atoms with Crippen LogP contribution < -0.4 is 5.32 Å². The van der Waals surface area contributed by atoms with Gasteiger partial charge in [0, 0.05) is 31.3 Å². The molecule has 0 aromatic heterocycles. The lowest BCUT2D eigenvalue weighted by Gasteiger charge is -2.19. The lowest BCUT2D eigenvalue weighted by Crippen LogP contribution is -2.39. The van der Waals surface area contributed by atoms with Crippen molar-refractivity contribution in [2.45, 2.75) is 6.10 Å². The molecule has 0 spiro atoms. The zero-order valence-corrected chi connectivity index (χ0v) is 13.7. The number of amides is 1. The van der Waals surface area contributed by atoms with E-state index in [-0.39, 0.29) is 13.1 Å². The van der Waals surface area contributed by atoms with Gasteiger partial charge in [0.05, 0.1) is 12.8 Å². The third-order valence-electron chi connectivity index (χ3n) is 2.95. The Morgan fingerprint density at radius 1 is 1.43 bits per heavy atom. The third kappa shape index (κ3) is 5.62. The van der Waals surface area contributed by atoms with Crippen molar-refractivity contribution >= 4 is 27.5 Å². The zero-order chi connectivity index (χ0) is 16.0. The molecule has 1 unspecified atom stereocenters. The summed E-state index contributed by atoms with van der Waals surface area (Å²) in [6, 6.07) is 7.18. The Hall–Kier alpha value is -1.15. The molecule has 0 bridgehead atoms. The van der Waals surface area contributed by atoms with Crippen LogP contribution in [0.2, 0.25) is 5.02 Å². The molecule has 21 heavy (non-hydrogen) atoms. The van der Waals surface area contributed by atoms with Crippen molar-refractivity contribution < 1.29 is 17.9 Å². The topological polar surface area (TPSA) is 75.7 Å². The van der Waals surface area contributed by atoms with Crippen LogP contribution in [0.5, 0.6) is 0 Å². The molecule has 1 aromatic carbocycles. The fourth-order valence-corrected chi connectivity index (χ4v) is 2.25. The van der Waals surface area contributed by atoms with Gasteiger partial charge in [0.15, 0.2) is 0 Å². The molecule has 1 atom stereocenters. The molecule has 0 aliphatic carbocycles. The third-order valence-corrected chi connectivity index (χ3v) is 4.56. The molecule has 1 amide bonds. The molecule has 0 heterocycles. The van der Waals surface area contributed by atoms with Crippen molar-refractivity contribution in [2.24, 2.45) is 0 Å². The van der Waals surface area contributed by atoms with Gasteiger partial charge in [0.25, 0.3) is 0 Å². The molecule has 1 aromatic rings. The van der Waals surface area contributed by atoms with E-state index in [0.717, 1.165) is 16.1 Å². The van der Waals surface area contributed by atoms with Crippen LogP contribution in [0, 0.1) is 0 Å². The Labute approximate surface area is 130 Å². The van der Waals surface area contributed by atoms with Gasteiger partial charge in [-0.1, -0.05) is 29.8 Å². The number of halogens is 1. The first-order chi connectivity index (χ1) is 9.75. The smallest absolute Gasteiger partial charge is 0.235 e. The highest BCUT2D eigenvalue weighted by Gasteiger charge is 2.18. The number of ether oxygens (including phenoxy) is 1. The van der Waals surface area contributed by atoms with Gasteiger partial charge in [-0.05, 0) is 6.07 Å². The molecular weight excluding hydrogens is 316 g/mol. The Morgan fingerprint density at radius 3 is 2.57 bits per heavy atom. The van der Waals surface area contributed by atoms with E-state index in [1.54, 1.807) is 12.1 Å². The number of nitrogens with zero attached hydrogens (tertiary/aromatic N) is 1. The number of rotatable bonds is 7. The van der Waals surface area contributed by atoms with Gasteiger partial charge >= 0.3 is 0 Å². The maximum atomic E-state index is 11.7. The van der Waals surface area contributed by atoms with Crippen LogP contribution in [-0.2, 0) is 19.6 Å². The van der Waals surface area contributed by atoms with Gasteiger partial charge in [-0.15, -0.1) is 0 Å². The fourth-order valence-electron chi connectivity index (χ4n) is 1.64. The van der Waals surface area contributed by atoms with E-state index in [1.807, 2.05) is 12.1 Å². The summed E-state index contributed by atoms with van der Waals surface area (Å²) in [5, 5.41) is 3.18. The Balaban J connectivity index is 2.61. The minimum Gasteiger partial charge on any atom is -0.375 e. The van der Waals surface area contributed by atoms with E-state index in [0.29, 0.717) is 5.02 Å². The van der Waals surface area contributed by atoms with E-state index in [2.05, 4.69) is 5.32 Å². The van der Waals surface area contributed by atoms with Gasteiger partial charge in [0.1, 0.15) is 6.10 Å². The van der Waals surface area contributed by atoms with Crippen molar-refractivity contribution in [3.63, 3.8) is 0 Å². The molecule has 8 heteroatoms. The summed E-state index contributed by atoms with van der Waals surface area (Å²) < 4.78 is 28.7. The number of sulfonamides is 1. The normalized spacial score (nSPS) is 13.2. The summed E-state index contributed by atoms with van der Waals surface area (Å²) in [5.41, 5.74) is 0.762. The maximum Gasteiger partial charge on any atom is 0.235 e. The van der Waals surface area contributed by atoms with Gasteiger partial charge < -0.3 is 10.1 Å². The van der Waals surface area contributed by atoms with E-state index in [1.165, 1.54) is 14.2 Å². The van der Waals surface area contributed by atoms with Crippen LogP contribution in [0.1, 0.15) is 11.7 Å². The van der Waals surface area contributed by atoms with Crippen molar-refractivity contribution in [3.8, 4) is 0 Å². The number of hydrogen-bond acceptors (Lipinski definition) is 4. The molecule has 118 valence electrons. The van der Waals surface area contributed by atoms with Crippen LogP contribution >= 0.6 is 11.6 Å². The predicted octanol–water partition coefficient (Wildman–Crippen LogP) is 1.04. The first kappa shape index (κ1) is 17.9. The standard InChI is InChI=1S/C13H19ClN2O4S/c1-16(21(3,18)19)9-13(17)15-8-12(20-2)10-6-4-5-7-11(10)14/h4-7,12H,8-9H2,1-3H3,(H,15,17). The highest BCUT2D eigenvalue weighted by Crippen LogP contribution is 2.24. The second-order valence-electron chi connectivity index (χ2n) is 4.57. The SMILES string of the molecule is COC(CNC(=O)CN(C)S(C)(=O)=O)c1ccccc1Cl. The monoisotopic (exact) mass is 334 g/mol. The molecule has 0 saturated heterocycles. The van der Waals surface area contributed by atoms with E-state index < -0.39 is 22.0 Å². The molecule has 0 fully saturated rings. The molecule has 0 aliphatic heterocycles. The van der Waals surface area contributed by atoms with Crippen LogP contribution in [0.3, 0.4) is 0 Å². The van der Waals surface area contributed by atoms with Crippen LogP contribution in [-0.4, -0.2) is 52.1 Å². The maximum absolute atomic E-state index is 11.7. The molecular formula is C13H19ClN2O4S. The Morgan fingerprint density at radius 2 is 2.05 bits per heavy atom. The van der Waals surface area contributed by atoms with Gasteiger partial charge in [-0.2, -0.15) is 4.31 Å². The number of likely N-dealkylation sites (N-methyl/N-ethyl adjacent to an activating group) is 1. The average Bonchev–Trinajstić information content (AvgIpc) is 2.40. The van der Waals surface area contributed by atoms with Crippen molar-refractivity contribution in [3.05, 3.63) is 34.9 Å². The van der Waals surface area contributed by atoms with Crippen molar-refractivity contribution in [2.75, 3.05) is 33.5 Å². The van der Waals surface area contributed by atoms with Gasteiger partial charge in [0.2, 0.25) is 15.9 Å². The molecule has 6 nitrogen and oxygen atoms in total. The largest absolute Gasteiger partial charge is 0.375 e. The summed E-state index contributed by atoms with van der Waals surface area (Å²) in [6.45, 7) is -0.0333. The highest BCUT2D eigenvalue weighted by molar-refractivity contribution is 7.88. The summed E-state index contributed by atoms with van der Waals surface area (Å²) in [7, 11) is -0.520. The lowest BCUT2D eigenvalue weighted by atomic mass is 10.1. The minimum atomic E-state index is -3.38. The van der Waals surface area contributed by atoms with Gasteiger partial charge in [-0.3, -0.25) is 4.79 Å². The average molecular weight is 335 g/mol. The molecule has 1 N–H and O–H groups in total. The molecule has 0 aliphatic rings. The highest BCUT2D eigenvalue weighted by atomic mass is 35.5. The summed E-state index contributed by atoms with van der Waals surface area (Å²) in [5.74, 6) is -0.406. The van der Waals surface area contributed by atoms with Crippen LogP contribution in [0.15, 0.2) is 24.3 Å². The van der Waals surface area contributed by atoms with Crippen molar-refractivity contribution in [1.29, 1.82) is 0 Å². The summed E-state index contributed by atoms with van der Waals surface area (Å²) >= 11 is 6.08. The molecule has 0 saturated carbocycles. The second-order valence-corrected chi connectivity index (χ2v) is 7.07. The van der Waals surface area contributed by atoms with E-state index >= 15 is 0 Å². The molecule has 1 rings (SSSR count). The van der Waals surface area contributed by atoms with Gasteiger partial charge in [-0.25, -0.2) is 8.42 Å². The fraction of sp³-hybridized carbons (Fsp3) is 0.462. The minimum absolute atomic E-state index is 0.205. The number of nitrogens with one attached hydrogen (secondary N) is 1. The zero-order valence-electron chi connectivity index (χ0n) is 12.2. The number of benzene rings is 1. The molecule has 0 radical (unpaired) electrons. The second kappa shape index (κ2) is 7.74. The Kier molecular flexibility index (Phi) is 6.60. The lowest BCUT2D eigenvalue weighted by molar-refractivity contribution is -0.121. The number of hydrogen-bond donors (Lipinski definition) is 1. The first-order valence-electron chi connectivity index (χ1n) is 6.21. The predicted molar refractivity (Wildman–Crippen MR) is 81.7 cm³/mol. The summed E-state index contributed by atoms with van der Waals surface area (Å²) in [6.07, 6.45) is 0.647. The first-order valence-corrected chi connectivity index (χ1v) is 8.43. The Bertz CT molecular complexity index is 592. The quantitative estimate of drug-likeness (QED) is 0.808. The van der Waals surface area contributed by atoms with Crippen LogP contribution in [0.4, 0.5) is 0 Å². The summed E-state index contributed by atoms with van der Waals surface area (Å²) in [4.78, 5) is 11.7. The van der Waals surface area contributed by atoms with E-state index in [9.17, 15) is 13.2 Å².